The van der Waals surface area contributed by atoms with Gasteiger partial charge in [-0.15, -0.1) is 0 Å². The Bertz CT molecular complexity index is 358. The van der Waals surface area contributed by atoms with Crippen LogP contribution in [0.5, 0.6) is 0 Å². The largest absolute Gasteiger partial charge is 0.356 e. The highest BCUT2D eigenvalue weighted by Gasteiger charge is 2.25. The van der Waals surface area contributed by atoms with Gasteiger partial charge in [-0.1, -0.05) is 20.8 Å². The minimum atomic E-state index is 0.0394. The van der Waals surface area contributed by atoms with Crippen molar-refractivity contribution in [1.29, 1.82) is 0 Å². The van der Waals surface area contributed by atoms with E-state index in [1.807, 2.05) is 11.8 Å². The number of aliphatic imine (C=N–C) groups is 1. The molecule has 0 aliphatic carbocycles. The molecule has 1 fully saturated rings. The van der Waals surface area contributed by atoms with Crippen molar-refractivity contribution in [2.45, 2.75) is 32.4 Å². The molecule has 1 aliphatic rings. The zero-order chi connectivity index (χ0) is 15.8. The molecule has 1 rings (SSSR count). The van der Waals surface area contributed by atoms with Crippen molar-refractivity contribution < 1.29 is 4.79 Å². The van der Waals surface area contributed by atoms with Gasteiger partial charge in [0.25, 0.3) is 0 Å². The standard InChI is InChI=1S/C15H30N4OS/c1-6-7-16-15(17-10-14(20)18(4)5)19-8-9-21-13(11-19)12(2)3/h12-13H,6-11H2,1-5H3,(H,16,17). The summed E-state index contributed by atoms with van der Waals surface area (Å²) in [4.78, 5) is 20.2. The number of amides is 1. The number of carbonyl (C=O) groups excluding carboxylic acids is 1. The van der Waals surface area contributed by atoms with Crippen molar-refractivity contribution in [3.8, 4) is 0 Å². The van der Waals surface area contributed by atoms with Crippen LogP contribution in [0.1, 0.15) is 27.2 Å². The van der Waals surface area contributed by atoms with Crippen LogP contribution >= 0.6 is 11.8 Å². The third kappa shape index (κ3) is 6.16. The number of hydrogen-bond donors (Lipinski definition) is 1. The van der Waals surface area contributed by atoms with Gasteiger partial charge in [-0.05, 0) is 12.3 Å². The van der Waals surface area contributed by atoms with Crippen LogP contribution in [0.3, 0.4) is 0 Å². The number of hydrogen-bond acceptors (Lipinski definition) is 3. The average molecular weight is 314 g/mol. The van der Waals surface area contributed by atoms with Gasteiger partial charge < -0.3 is 15.1 Å². The number of rotatable bonds is 5. The summed E-state index contributed by atoms with van der Waals surface area (Å²) >= 11 is 2.05. The zero-order valence-electron chi connectivity index (χ0n) is 14.1. The molecule has 6 heteroatoms. The van der Waals surface area contributed by atoms with Crippen LogP contribution in [-0.2, 0) is 4.79 Å². The normalized spacial score (nSPS) is 19.8. The minimum absolute atomic E-state index is 0.0394. The summed E-state index contributed by atoms with van der Waals surface area (Å²) in [5, 5.41) is 4.02. The number of guanidine groups is 1. The van der Waals surface area contributed by atoms with E-state index in [0.717, 1.165) is 37.8 Å². The van der Waals surface area contributed by atoms with E-state index >= 15 is 0 Å². The Balaban J connectivity index is 2.71. The highest BCUT2D eigenvalue weighted by atomic mass is 32.2. The van der Waals surface area contributed by atoms with E-state index in [-0.39, 0.29) is 12.5 Å². The lowest BCUT2D eigenvalue weighted by Crippen LogP contribution is -2.49. The number of nitrogens with one attached hydrogen (secondary N) is 1. The van der Waals surface area contributed by atoms with Gasteiger partial charge in [0, 0.05) is 44.7 Å². The van der Waals surface area contributed by atoms with Gasteiger partial charge in [-0.25, -0.2) is 4.99 Å². The summed E-state index contributed by atoms with van der Waals surface area (Å²) < 4.78 is 0. The molecule has 0 aromatic carbocycles. The van der Waals surface area contributed by atoms with E-state index in [4.69, 9.17) is 0 Å². The summed E-state index contributed by atoms with van der Waals surface area (Å²) in [6.07, 6.45) is 1.05. The second-order valence-electron chi connectivity index (χ2n) is 5.95. The summed E-state index contributed by atoms with van der Waals surface area (Å²) in [6.45, 7) is 9.80. The summed E-state index contributed by atoms with van der Waals surface area (Å²) in [6, 6.07) is 0. The summed E-state index contributed by atoms with van der Waals surface area (Å²) in [5.41, 5.74) is 0. The number of carbonyl (C=O) groups is 1. The van der Waals surface area contributed by atoms with Gasteiger partial charge >= 0.3 is 0 Å². The van der Waals surface area contributed by atoms with Gasteiger partial charge in [0.2, 0.25) is 5.91 Å². The molecule has 1 saturated heterocycles. The molecule has 1 aliphatic heterocycles. The molecule has 0 radical (unpaired) electrons. The van der Waals surface area contributed by atoms with Crippen LogP contribution in [-0.4, -0.2) is 72.9 Å². The third-order valence-corrected chi connectivity index (χ3v) is 5.07. The molecule has 1 atom stereocenters. The predicted molar refractivity (Wildman–Crippen MR) is 91.9 cm³/mol. The fourth-order valence-corrected chi connectivity index (χ4v) is 3.36. The van der Waals surface area contributed by atoms with E-state index in [9.17, 15) is 4.79 Å². The number of thioether (sulfide) groups is 1. The number of likely N-dealkylation sites (N-methyl/N-ethyl adjacent to an activating group) is 1. The van der Waals surface area contributed by atoms with E-state index in [2.05, 4.69) is 36.0 Å². The Labute approximate surface area is 133 Å². The van der Waals surface area contributed by atoms with Crippen LogP contribution < -0.4 is 5.32 Å². The van der Waals surface area contributed by atoms with E-state index in [1.165, 1.54) is 0 Å². The Morgan fingerprint density at radius 2 is 2.19 bits per heavy atom. The van der Waals surface area contributed by atoms with Crippen LogP contribution in [0, 0.1) is 5.92 Å². The lowest BCUT2D eigenvalue weighted by molar-refractivity contribution is -0.127. The van der Waals surface area contributed by atoms with E-state index in [0.29, 0.717) is 11.2 Å². The van der Waals surface area contributed by atoms with Crippen LogP contribution in [0.4, 0.5) is 0 Å². The molecule has 5 nitrogen and oxygen atoms in total. The monoisotopic (exact) mass is 314 g/mol. The molecule has 0 bridgehead atoms. The molecule has 1 unspecified atom stereocenters. The Morgan fingerprint density at radius 3 is 2.76 bits per heavy atom. The number of nitrogens with zero attached hydrogens (tertiary/aromatic N) is 3. The quantitative estimate of drug-likeness (QED) is 0.617. The minimum Gasteiger partial charge on any atom is -0.356 e. The van der Waals surface area contributed by atoms with Crippen molar-refractivity contribution in [1.82, 2.24) is 15.1 Å². The van der Waals surface area contributed by atoms with Gasteiger partial charge in [0.05, 0.1) is 0 Å². The Hall–Kier alpha value is -0.910. The molecular weight excluding hydrogens is 284 g/mol. The van der Waals surface area contributed by atoms with Gasteiger partial charge in [-0.3, -0.25) is 4.79 Å². The zero-order valence-corrected chi connectivity index (χ0v) is 14.9. The molecule has 1 N–H and O–H groups in total. The van der Waals surface area contributed by atoms with Crippen molar-refractivity contribution in [3.05, 3.63) is 0 Å². The fraction of sp³-hybridized carbons (Fsp3) is 0.867. The summed E-state index contributed by atoms with van der Waals surface area (Å²) in [5.74, 6) is 2.71. The van der Waals surface area contributed by atoms with Crippen LogP contribution in [0.2, 0.25) is 0 Å². The Morgan fingerprint density at radius 1 is 1.48 bits per heavy atom. The average Bonchev–Trinajstić information content (AvgIpc) is 2.47. The van der Waals surface area contributed by atoms with Crippen LogP contribution in [0.25, 0.3) is 0 Å². The first-order chi connectivity index (χ1) is 9.95. The van der Waals surface area contributed by atoms with E-state index in [1.54, 1.807) is 19.0 Å². The van der Waals surface area contributed by atoms with Crippen molar-refractivity contribution in [2.24, 2.45) is 10.9 Å². The fourth-order valence-electron chi connectivity index (χ4n) is 2.06. The second-order valence-corrected chi connectivity index (χ2v) is 7.30. The van der Waals surface area contributed by atoms with Crippen molar-refractivity contribution in [2.75, 3.05) is 46.0 Å². The molecule has 0 saturated carbocycles. The molecule has 21 heavy (non-hydrogen) atoms. The topological polar surface area (TPSA) is 47.9 Å². The third-order valence-electron chi connectivity index (χ3n) is 3.53. The first-order valence-electron chi connectivity index (χ1n) is 7.80. The molecule has 0 aromatic heterocycles. The highest BCUT2D eigenvalue weighted by molar-refractivity contribution is 8.00. The molecule has 0 aromatic rings. The highest BCUT2D eigenvalue weighted by Crippen LogP contribution is 2.24. The molecule has 0 spiro atoms. The lowest BCUT2D eigenvalue weighted by atomic mass is 10.1. The van der Waals surface area contributed by atoms with Gasteiger partial charge in [0.15, 0.2) is 5.96 Å². The molecule has 1 heterocycles. The lowest BCUT2D eigenvalue weighted by Gasteiger charge is -2.36. The first-order valence-corrected chi connectivity index (χ1v) is 8.85. The van der Waals surface area contributed by atoms with Crippen LogP contribution in [0.15, 0.2) is 4.99 Å². The first kappa shape index (κ1) is 18.1. The molecular formula is C15H30N4OS. The Kier molecular flexibility index (Phi) is 7.93. The van der Waals surface area contributed by atoms with E-state index < -0.39 is 0 Å². The SMILES string of the molecule is CCCNC(=NCC(=O)N(C)C)N1CCSC(C(C)C)C1. The molecule has 1 amide bonds. The van der Waals surface area contributed by atoms with Crippen molar-refractivity contribution in [3.63, 3.8) is 0 Å². The smallest absolute Gasteiger partial charge is 0.243 e. The second kappa shape index (κ2) is 9.18. The van der Waals surface area contributed by atoms with Gasteiger partial charge in [0.1, 0.15) is 6.54 Å². The van der Waals surface area contributed by atoms with Crippen molar-refractivity contribution >= 4 is 23.6 Å². The predicted octanol–water partition coefficient (Wildman–Crippen LogP) is 1.50. The maximum absolute atomic E-state index is 11.7. The summed E-state index contributed by atoms with van der Waals surface area (Å²) in [7, 11) is 3.53. The van der Waals surface area contributed by atoms with Gasteiger partial charge in [-0.2, -0.15) is 11.8 Å². The maximum Gasteiger partial charge on any atom is 0.243 e. The molecule has 122 valence electrons. The maximum atomic E-state index is 11.7.